The van der Waals surface area contributed by atoms with Crippen molar-refractivity contribution in [1.82, 2.24) is 10.6 Å². The molecule has 1 aromatic rings. The molecule has 0 radical (unpaired) electrons. The lowest BCUT2D eigenvalue weighted by Crippen LogP contribution is -2.46. The number of hydrogen-bond donors (Lipinski definition) is 3. The molecule has 3 N–H and O–H groups in total. The second-order valence-corrected chi connectivity index (χ2v) is 7.88. The molecule has 1 fully saturated rings. The zero-order valence-electron chi connectivity index (χ0n) is 13.6. The third-order valence-electron chi connectivity index (χ3n) is 4.75. The van der Waals surface area contributed by atoms with Crippen molar-refractivity contribution in [3.05, 3.63) is 35.4 Å². The van der Waals surface area contributed by atoms with E-state index in [0.717, 1.165) is 12.8 Å². The monoisotopic (exact) mass is 302 g/mol. The van der Waals surface area contributed by atoms with E-state index in [9.17, 15) is 9.90 Å². The molecule has 4 nitrogen and oxygen atoms in total. The molecule has 1 aromatic carbocycles. The van der Waals surface area contributed by atoms with Gasteiger partial charge < -0.3 is 15.7 Å². The van der Waals surface area contributed by atoms with Crippen LogP contribution in [0.4, 0.5) is 4.79 Å². The van der Waals surface area contributed by atoms with Crippen LogP contribution >= 0.6 is 0 Å². The minimum absolute atomic E-state index is 0.0228. The Bertz CT molecular complexity index is 564. The quantitative estimate of drug-likeness (QED) is 0.800. The van der Waals surface area contributed by atoms with Gasteiger partial charge in [-0.2, -0.15) is 0 Å². The van der Waals surface area contributed by atoms with Gasteiger partial charge in [0.25, 0.3) is 0 Å². The summed E-state index contributed by atoms with van der Waals surface area (Å²) in [6.45, 7) is 6.30. The first kappa shape index (κ1) is 15.3. The number of amides is 2. The molecule has 3 rings (SSSR count). The van der Waals surface area contributed by atoms with E-state index in [4.69, 9.17) is 0 Å². The fraction of sp³-hybridized carbons (Fsp3) is 0.611. The van der Waals surface area contributed by atoms with Crippen molar-refractivity contribution >= 4 is 6.03 Å². The number of nitrogens with one attached hydrogen (secondary N) is 2. The largest absolute Gasteiger partial charge is 0.394 e. The van der Waals surface area contributed by atoms with E-state index in [2.05, 4.69) is 55.7 Å². The van der Waals surface area contributed by atoms with Gasteiger partial charge in [-0.05, 0) is 35.3 Å². The Hall–Kier alpha value is -1.55. The van der Waals surface area contributed by atoms with Crippen LogP contribution in [0.1, 0.15) is 44.2 Å². The number of aliphatic hydroxyl groups is 1. The van der Waals surface area contributed by atoms with Gasteiger partial charge in [-0.3, -0.25) is 0 Å². The van der Waals surface area contributed by atoms with E-state index in [-0.39, 0.29) is 30.1 Å². The fourth-order valence-electron chi connectivity index (χ4n) is 3.83. The maximum Gasteiger partial charge on any atom is 0.315 e. The van der Waals surface area contributed by atoms with Crippen molar-refractivity contribution in [2.75, 3.05) is 6.61 Å². The summed E-state index contributed by atoms with van der Waals surface area (Å²) in [4.78, 5) is 12.2. The summed E-state index contributed by atoms with van der Waals surface area (Å²) in [6.07, 6.45) is 1.83. The lowest BCUT2D eigenvalue weighted by molar-refractivity contribution is 0.190. The minimum Gasteiger partial charge on any atom is -0.394 e. The van der Waals surface area contributed by atoms with Crippen LogP contribution in [0, 0.1) is 11.3 Å². The van der Waals surface area contributed by atoms with Gasteiger partial charge in [-0.1, -0.05) is 45.0 Å². The Morgan fingerprint density at radius 2 is 2.09 bits per heavy atom. The van der Waals surface area contributed by atoms with Gasteiger partial charge in [0.1, 0.15) is 0 Å². The van der Waals surface area contributed by atoms with E-state index in [1.54, 1.807) is 0 Å². The molecule has 0 aromatic heterocycles. The first-order chi connectivity index (χ1) is 10.4. The molecule has 4 atom stereocenters. The number of aliphatic hydroxyl groups excluding tert-OH is 1. The third kappa shape index (κ3) is 3.12. The highest BCUT2D eigenvalue weighted by Gasteiger charge is 2.56. The Kier molecular flexibility index (Phi) is 3.89. The average Bonchev–Trinajstić information content (AvgIpc) is 2.94. The second kappa shape index (κ2) is 5.58. The summed E-state index contributed by atoms with van der Waals surface area (Å²) >= 11 is 0. The van der Waals surface area contributed by atoms with E-state index in [0.29, 0.717) is 11.8 Å². The maximum absolute atomic E-state index is 12.2. The number of carbonyl (C=O) groups is 1. The van der Waals surface area contributed by atoms with Crippen molar-refractivity contribution in [2.24, 2.45) is 11.3 Å². The summed E-state index contributed by atoms with van der Waals surface area (Å²) in [5.74, 6) is 1.04. The van der Waals surface area contributed by atoms with Crippen molar-refractivity contribution in [2.45, 2.75) is 51.6 Å². The maximum atomic E-state index is 12.2. The van der Waals surface area contributed by atoms with E-state index < -0.39 is 0 Å². The molecule has 1 saturated carbocycles. The van der Waals surface area contributed by atoms with Gasteiger partial charge in [0, 0.05) is 12.0 Å². The summed E-state index contributed by atoms with van der Waals surface area (Å²) < 4.78 is 0. The molecule has 0 heterocycles. The highest BCUT2D eigenvalue weighted by atomic mass is 16.3. The number of hydrogen-bond acceptors (Lipinski definition) is 2. The molecule has 0 bridgehead atoms. The first-order valence-electron chi connectivity index (χ1n) is 8.15. The zero-order valence-corrected chi connectivity index (χ0v) is 13.6. The fourth-order valence-corrected chi connectivity index (χ4v) is 3.83. The predicted octanol–water partition coefficient (Wildman–Crippen LogP) is 2.42. The number of urea groups is 1. The highest BCUT2D eigenvalue weighted by molar-refractivity contribution is 5.75. The van der Waals surface area contributed by atoms with Gasteiger partial charge in [0.15, 0.2) is 0 Å². The molecule has 4 unspecified atom stereocenters. The zero-order chi connectivity index (χ0) is 15.9. The first-order valence-corrected chi connectivity index (χ1v) is 8.15. The van der Waals surface area contributed by atoms with Crippen LogP contribution < -0.4 is 10.6 Å². The Labute approximate surface area is 132 Å². The van der Waals surface area contributed by atoms with Crippen molar-refractivity contribution in [3.63, 3.8) is 0 Å². The van der Waals surface area contributed by atoms with Crippen LogP contribution in [0.2, 0.25) is 0 Å². The molecule has 2 aliphatic rings. The molecule has 120 valence electrons. The number of carbonyl (C=O) groups excluding carboxylic acids is 1. The normalized spacial score (nSPS) is 26.8. The molecule has 2 aliphatic carbocycles. The van der Waals surface area contributed by atoms with Crippen molar-refractivity contribution < 1.29 is 9.90 Å². The molecule has 4 heteroatoms. The second-order valence-electron chi connectivity index (χ2n) is 7.88. The molecule has 2 amide bonds. The number of benzene rings is 1. The Balaban J connectivity index is 1.52. The van der Waals surface area contributed by atoms with Crippen LogP contribution in [-0.2, 0) is 6.42 Å². The molecule has 22 heavy (non-hydrogen) atoms. The summed E-state index contributed by atoms with van der Waals surface area (Å²) in [7, 11) is 0. The van der Waals surface area contributed by atoms with Crippen molar-refractivity contribution in [3.8, 4) is 0 Å². The number of fused-ring (bicyclic) bond motifs is 3. The van der Waals surface area contributed by atoms with E-state index in [1.807, 2.05) is 0 Å². The van der Waals surface area contributed by atoms with Crippen LogP contribution in [0.15, 0.2) is 24.3 Å². The predicted molar refractivity (Wildman–Crippen MR) is 86.8 cm³/mol. The van der Waals surface area contributed by atoms with Gasteiger partial charge in [-0.25, -0.2) is 4.79 Å². The van der Waals surface area contributed by atoms with E-state index >= 15 is 0 Å². The molecule has 0 spiro atoms. The Morgan fingerprint density at radius 1 is 1.36 bits per heavy atom. The van der Waals surface area contributed by atoms with Crippen molar-refractivity contribution in [1.29, 1.82) is 0 Å². The van der Waals surface area contributed by atoms with Gasteiger partial charge in [0.05, 0.1) is 12.6 Å². The van der Waals surface area contributed by atoms with Crippen LogP contribution in [-0.4, -0.2) is 29.8 Å². The molecular weight excluding hydrogens is 276 g/mol. The van der Waals surface area contributed by atoms with Gasteiger partial charge in [0.2, 0.25) is 0 Å². The lowest BCUT2D eigenvalue weighted by atomic mass is 9.88. The highest BCUT2D eigenvalue weighted by Crippen LogP contribution is 2.56. The van der Waals surface area contributed by atoms with Crippen LogP contribution in [0.25, 0.3) is 0 Å². The third-order valence-corrected chi connectivity index (χ3v) is 4.75. The number of rotatable bonds is 4. The van der Waals surface area contributed by atoms with Gasteiger partial charge in [-0.15, -0.1) is 0 Å². The molecule has 0 aliphatic heterocycles. The topological polar surface area (TPSA) is 61.4 Å². The lowest BCUT2D eigenvalue weighted by Gasteiger charge is -2.25. The molecule has 0 saturated heterocycles. The Morgan fingerprint density at radius 3 is 2.77 bits per heavy atom. The van der Waals surface area contributed by atoms with Crippen LogP contribution in [0.3, 0.4) is 0 Å². The summed E-state index contributed by atoms with van der Waals surface area (Å²) in [5, 5.41) is 15.4. The van der Waals surface area contributed by atoms with Gasteiger partial charge >= 0.3 is 6.03 Å². The van der Waals surface area contributed by atoms with Crippen LogP contribution in [0.5, 0.6) is 0 Å². The minimum atomic E-state index is -0.189. The standard InChI is InChI=1S/C18H26N2O2/c1-18(2,3)9-12(10-21)19-17(22)20-16-14-8-11-6-4-5-7-13(11)15(14)16/h4-7,12,14-16,21H,8-10H2,1-3H3,(H2,19,20,22). The smallest absolute Gasteiger partial charge is 0.315 e. The molecular formula is C18H26N2O2. The SMILES string of the molecule is CC(C)(C)CC(CO)NC(=O)NC1C2Cc3ccccc3C21. The average molecular weight is 302 g/mol. The summed E-state index contributed by atoms with van der Waals surface area (Å²) in [6, 6.07) is 8.42. The summed E-state index contributed by atoms with van der Waals surface area (Å²) in [5.41, 5.74) is 2.90. The van der Waals surface area contributed by atoms with E-state index in [1.165, 1.54) is 11.1 Å².